The molecule has 0 aromatic heterocycles. The Morgan fingerprint density at radius 3 is 2.29 bits per heavy atom. The summed E-state index contributed by atoms with van der Waals surface area (Å²) in [5.74, 6) is -0.0671. The Kier molecular flexibility index (Phi) is 4.20. The van der Waals surface area contributed by atoms with Crippen LogP contribution in [0.4, 0.5) is 0 Å². The van der Waals surface area contributed by atoms with Gasteiger partial charge in [0.2, 0.25) is 0 Å². The number of esters is 1. The first-order valence-electron chi connectivity index (χ1n) is 4.64. The third-order valence-electron chi connectivity index (χ3n) is 2.69. The van der Waals surface area contributed by atoms with Crippen LogP contribution in [0.25, 0.3) is 0 Å². The van der Waals surface area contributed by atoms with Crippen molar-refractivity contribution in [1.82, 2.24) is 0 Å². The van der Waals surface area contributed by atoms with Crippen LogP contribution < -0.4 is 0 Å². The van der Waals surface area contributed by atoms with Crippen LogP contribution in [0.2, 0.25) is 0 Å². The number of halogens is 1. The first-order chi connectivity index (χ1) is 6.69. The fraction of sp³-hybridized carbons (Fsp3) is 0.778. The lowest BCUT2D eigenvalue weighted by Gasteiger charge is -2.25. The molecule has 0 heterocycles. The summed E-state index contributed by atoms with van der Waals surface area (Å²) in [6, 6.07) is 0. The molecule has 0 atom stereocenters. The number of ether oxygens (including phenoxy) is 1. The average Bonchev–Trinajstić information content (AvgIpc) is 2.27. The number of carbonyl (C=O) groups excluding carboxylic acids is 1. The molecular formula is C9H14ClNO3. The molecule has 1 rings (SSSR count). The fourth-order valence-electron chi connectivity index (χ4n) is 1.82. The summed E-state index contributed by atoms with van der Waals surface area (Å²) >= 11 is 5.69. The molecule has 80 valence electrons. The molecule has 1 fully saturated rings. The maximum absolute atomic E-state index is 11.2. The molecule has 1 aliphatic carbocycles. The normalized spacial score (nSPS) is 28.6. The van der Waals surface area contributed by atoms with Crippen molar-refractivity contribution in [3.05, 3.63) is 0 Å². The van der Waals surface area contributed by atoms with Crippen LogP contribution in [0, 0.1) is 11.8 Å². The molecule has 0 aromatic carbocycles. The highest BCUT2D eigenvalue weighted by Gasteiger charge is 2.28. The second-order valence-electron chi connectivity index (χ2n) is 3.49. The summed E-state index contributed by atoms with van der Waals surface area (Å²) < 4.78 is 4.66. The molecule has 0 aliphatic heterocycles. The van der Waals surface area contributed by atoms with Gasteiger partial charge in [-0.25, -0.2) is 0 Å². The first kappa shape index (κ1) is 11.3. The summed E-state index contributed by atoms with van der Waals surface area (Å²) in [5.41, 5.74) is 0. The van der Waals surface area contributed by atoms with Gasteiger partial charge in [0.25, 0.3) is 0 Å². The van der Waals surface area contributed by atoms with Crippen molar-refractivity contribution in [3.8, 4) is 0 Å². The van der Waals surface area contributed by atoms with E-state index in [0.29, 0.717) is 0 Å². The number of oxime groups is 1. The van der Waals surface area contributed by atoms with Gasteiger partial charge in [-0.15, -0.1) is 0 Å². The van der Waals surface area contributed by atoms with E-state index in [1.54, 1.807) is 0 Å². The van der Waals surface area contributed by atoms with Gasteiger partial charge in [0.05, 0.1) is 13.0 Å². The van der Waals surface area contributed by atoms with Crippen LogP contribution in [0.15, 0.2) is 5.16 Å². The molecule has 5 heteroatoms. The molecule has 0 bridgehead atoms. The minimum absolute atomic E-state index is 0.0144. The van der Waals surface area contributed by atoms with Crippen LogP contribution >= 0.6 is 11.6 Å². The van der Waals surface area contributed by atoms with E-state index in [0.717, 1.165) is 25.7 Å². The number of nitrogens with zero attached hydrogens (tertiary/aromatic N) is 1. The molecule has 0 unspecified atom stereocenters. The van der Waals surface area contributed by atoms with E-state index in [1.165, 1.54) is 7.11 Å². The standard InChI is InChI=1S/C9H14ClNO3/c1-14-9(12)7-4-2-6(3-5-7)8(10)11-13/h6-7,13H,2-5H2,1H3/b11-8-. The van der Waals surface area contributed by atoms with Gasteiger partial charge in [-0.3, -0.25) is 4.79 Å². The number of hydrogen-bond donors (Lipinski definition) is 1. The molecular weight excluding hydrogens is 206 g/mol. The zero-order valence-electron chi connectivity index (χ0n) is 8.07. The van der Waals surface area contributed by atoms with Gasteiger partial charge in [0.15, 0.2) is 0 Å². The van der Waals surface area contributed by atoms with Crippen molar-refractivity contribution in [2.24, 2.45) is 17.0 Å². The second-order valence-corrected chi connectivity index (χ2v) is 3.88. The van der Waals surface area contributed by atoms with Gasteiger partial charge < -0.3 is 9.94 Å². The maximum atomic E-state index is 11.2. The maximum Gasteiger partial charge on any atom is 0.308 e. The van der Waals surface area contributed by atoms with E-state index in [9.17, 15) is 4.79 Å². The SMILES string of the molecule is COC(=O)C1CCC(/C(Cl)=N/O)CC1. The molecule has 0 aromatic rings. The lowest BCUT2D eigenvalue weighted by atomic mass is 9.82. The Labute approximate surface area is 87.9 Å². The van der Waals surface area contributed by atoms with Gasteiger partial charge in [0, 0.05) is 5.92 Å². The van der Waals surface area contributed by atoms with E-state index >= 15 is 0 Å². The predicted molar refractivity (Wildman–Crippen MR) is 52.5 cm³/mol. The Morgan fingerprint density at radius 1 is 1.36 bits per heavy atom. The lowest BCUT2D eigenvalue weighted by Crippen LogP contribution is -2.25. The lowest BCUT2D eigenvalue weighted by molar-refractivity contribution is -0.146. The highest BCUT2D eigenvalue weighted by molar-refractivity contribution is 6.65. The molecule has 0 amide bonds. The molecule has 0 saturated heterocycles. The third-order valence-corrected chi connectivity index (χ3v) is 3.08. The minimum Gasteiger partial charge on any atom is -0.469 e. The Morgan fingerprint density at radius 2 is 1.86 bits per heavy atom. The second kappa shape index (κ2) is 5.20. The molecule has 1 saturated carbocycles. The van der Waals surface area contributed by atoms with Crippen molar-refractivity contribution in [1.29, 1.82) is 0 Å². The molecule has 14 heavy (non-hydrogen) atoms. The van der Waals surface area contributed by atoms with Crippen molar-refractivity contribution in [2.75, 3.05) is 7.11 Å². The van der Waals surface area contributed by atoms with Crippen molar-refractivity contribution >= 4 is 22.7 Å². The van der Waals surface area contributed by atoms with E-state index < -0.39 is 0 Å². The fourth-order valence-corrected chi connectivity index (χ4v) is 2.03. The van der Waals surface area contributed by atoms with E-state index in [2.05, 4.69) is 9.89 Å². The number of rotatable bonds is 2. The van der Waals surface area contributed by atoms with Crippen molar-refractivity contribution in [2.45, 2.75) is 25.7 Å². The minimum atomic E-state index is -0.152. The molecule has 0 spiro atoms. The van der Waals surface area contributed by atoms with E-state index in [1.807, 2.05) is 0 Å². The van der Waals surface area contributed by atoms with Gasteiger partial charge in [-0.1, -0.05) is 16.8 Å². The summed E-state index contributed by atoms with van der Waals surface area (Å²) in [5, 5.41) is 11.7. The number of methoxy groups -OCH3 is 1. The molecule has 0 radical (unpaired) electrons. The van der Waals surface area contributed by atoms with Crippen LogP contribution in [0.3, 0.4) is 0 Å². The van der Waals surface area contributed by atoms with Crippen LogP contribution in [-0.2, 0) is 9.53 Å². The van der Waals surface area contributed by atoms with Gasteiger partial charge in [0.1, 0.15) is 5.17 Å². The average molecular weight is 220 g/mol. The Bertz CT molecular complexity index is 234. The Hall–Kier alpha value is -0.770. The summed E-state index contributed by atoms with van der Waals surface area (Å²) in [4.78, 5) is 11.2. The van der Waals surface area contributed by atoms with Crippen molar-refractivity contribution < 1.29 is 14.7 Å². The van der Waals surface area contributed by atoms with Crippen LogP contribution in [0.1, 0.15) is 25.7 Å². The predicted octanol–water partition coefficient (Wildman–Crippen LogP) is 1.99. The van der Waals surface area contributed by atoms with E-state index in [4.69, 9.17) is 16.8 Å². The van der Waals surface area contributed by atoms with E-state index in [-0.39, 0.29) is 23.0 Å². The number of hydrogen-bond acceptors (Lipinski definition) is 4. The monoisotopic (exact) mass is 219 g/mol. The topological polar surface area (TPSA) is 58.9 Å². The van der Waals surface area contributed by atoms with Crippen LogP contribution in [-0.4, -0.2) is 23.5 Å². The van der Waals surface area contributed by atoms with Crippen molar-refractivity contribution in [3.63, 3.8) is 0 Å². The van der Waals surface area contributed by atoms with Gasteiger partial charge in [-0.05, 0) is 25.7 Å². The molecule has 4 nitrogen and oxygen atoms in total. The molecule has 1 aliphatic rings. The smallest absolute Gasteiger partial charge is 0.308 e. The Balaban J connectivity index is 2.42. The summed E-state index contributed by atoms with van der Waals surface area (Å²) in [6.07, 6.45) is 3.07. The molecule has 1 N–H and O–H groups in total. The quantitative estimate of drug-likeness (QED) is 0.334. The summed E-state index contributed by atoms with van der Waals surface area (Å²) in [6.45, 7) is 0. The zero-order chi connectivity index (χ0) is 10.6. The van der Waals surface area contributed by atoms with Gasteiger partial charge >= 0.3 is 5.97 Å². The first-order valence-corrected chi connectivity index (χ1v) is 5.02. The van der Waals surface area contributed by atoms with Gasteiger partial charge in [-0.2, -0.15) is 0 Å². The highest BCUT2D eigenvalue weighted by atomic mass is 35.5. The third kappa shape index (κ3) is 2.61. The van der Waals surface area contributed by atoms with Crippen LogP contribution in [0.5, 0.6) is 0 Å². The number of carbonyl (C=O) groups is 1. The zero-order valence-corrected chi connectivity index (χ0v) is 8.83. The highest BCUT2D eigenvalue weighted by Crippen LogP contribution is 2.31. The largest absolute Gasteiger partial charge is 0.469 e. The summed E-state index contributed by atoms with van der Waals surface area (Å²) in [7, 11) is 1.40.